The molecule has 2 heterocycles. The summed E-state index contributed by atoms with van der Waals surface area (Å²) in [7, 11) is 0. The van der Waals surface area contributed by atoms with E-state index in [1.54, 1.807) is 17.1 Å². The molecule has 0 spiro atoms. The SMILES string of the molecule is Cc1ccc(C2=NN(C(=O)CCN3CCC(Cc4ccccc4)CC3)C(c3cccc([N+](=O)[O-])c3)C2)cc1. The number of likely N-dealkylation sites (tertiary alicyclic amines) is 1. The van der Waals surface area contributed by atoms with E-state index in [0.29, 0.717) is 25.3 Å². The topological polar surface area (TPSA) is 79.0 Å². The number of piperidine rings is 1. The second-order valence-corrected chi connectivity index (χ2v) is 10.4. The summed E-state index contributed by atoms with van der Waals surface area (Å²) in [5, 5.41) is 17.7. The third-order valence-corrected chi connectivity index (χ3v) is 7.73. The lowest BCUT2D eigenvalue weighted by atomic mass is 9.90. The molecule has 0 N–H and O–H groups in total. The van der Waals surface area contributed by atoms with Crippen molar-refractivity contribution < 1.29 is 9.72 Å². The highest BCUT2D eigenvalue weighted by atomic mass is 16.6. The second-order valence-electron chi connectivity index (χ2n) is 10.4. The number of non-ortho nitro benzene ring substituents is 1. The molecule has 2 aliphatic heterocycles. The summed E-state index contributed by atoms with van der Waals surface area (Å²) < 4.78 is 0. The minimum Gasteiger partial charge on any atom is -0.303 e. The molecule has 2 aliphatic rings. The Kier molecular flexibility index (Phi) is 7.94. The number of hydrazone groups is 1. The number of aryl methyl sites for hydroxylation is 1. The minimum atomic E-state index is -0.395. The average molecular weight is 511 g/mol. The van der Waals surface area contributed by atoms with Crippen molar-refractivity contribution >= 4 is 17.3 Å². The zero-order valence-corrected chi connectivity index (χ0v) is 21.8. The first-order valence-electron chi connectivity index (χ1n) is 13.4. The number of amides is 1. The molecule has 7 heteroatoms. The van der Waals surface area contributed by atoms with Crippen molar-refractivity contribution in [3.8, 4) is 0 Å². The van der Waals surface area contributed by atoms with Gasteiger partial charge in [0.15, 0.2) is 0 Å². The van der Waals surface area contributed by atoms with Crippen LogP contribution >= 0.6 is 0 Å². The zero-order chi connectivity index (χ0) is 26.5. The highest BCUT2D eigenvalue weighted by molar-refractivity contribution is 6.03. The number of nitrogens with zero attached hydrogens (tertiary/aromatic N) is 4. The zero-order valence-electron chi connectivity index (χ0n) is 21.8. The van der Waals surface area contributed by atoms with Crippen LogP contribution in [0.1, 0.15) is 54.0 Å². The largest absolute Gasteiger partial charge is 0.303 e. The van der Waals surface area contributed by atoms with E-state index in [9.17, 15) is 14.9 Å². The molecule has 0 radical (unpaired) electrons. The van der Waals surface area contributed by atoms with Crippen LogP contribution < -0.4 is 0 Å². The molecule has 0 aliphatic carbocycles. The Morgan fingerprint density at radius 3 is 2.45 bits per heavy atom. The third-order valence-electron chi connectivity index (χ3n) is 7.73. The lowest BCUT2D eigenvalue weighted by Gasteiger charge is -2.32. The molecule has 1 atom stereocenters. The van der Waals surface area contributed by atoms with E-state index in [-0.39, 0.29) is 17.6 Å². The molecular formula is C31H34N4O3. The Morgan fingerprint density at radius 1 is 1.00 bits per heavy atom. The average Bonchev–Trinajstić information content (AvgIpc) is 3.39. The molecule has 1 unspecified atom stereocenters. The fraction of sp³-hybridized carbons (Fsp3) is 0.355. The summed E-state index contributed by atoms with van der Waals surface area (Å²) in [5.74, 6) is 0.637. The molecule has 0 aromatic heterocycles. The van der Waals surface area contributed by atoms with Gasteiger partial charge in [-0.05, 0) is 61.9 Å². The Hall–Kier alpha value is -3.84. The molecule has 0 saturated carbocycles. The van der Waals surface area contributed by atoms with Gasteiger partial charge in [-0.25, -0.2) is 5.01 Å². The van der Waals surface area contributed by atoms with Crippen LogP contribution in [0, 0.1) is 23.0 Å². The minimum absolute atomic E-state index is 0.0251. The molecule has 7 nitrogen and oxygen atoms in total. The van der Waals surface area contributed by atoms with Gasteiger partial charge in [0.25, 0.3) is 5.69 Å². The van der Waals surface area contributed by atoms with Crippen molar-refractivity contribution in [2.45, 2.75) is 45.1 Å². The van der Waals surface area contributed by atoms with Crippen molar-refractivity contribution in [3.05, 3.63) is 111 Å². The summed E-state index contributed by atoms with van der Waals surface area (Å²) in [6, 6.07) is 25.0. The first-order chi connectivity index (χ1) is 18.5. The smallest absolute Gasteiger partial charge is 0.269 e. The van der Waals surface area contributed by atoms with Gasteiger partial charge >= 0.3 is 0 Å². The van der Waals surface area contributed by atoms with Gasteiger partial charge in [-0.2, -0.15) is 5.10 Å². The highest BCUT2D eigenvalue weighted by Crippen LogP contribution is 2.35. The van der Waals surface area contributed by atoms with Crippen molar-refractivity contribution in [1.82, 2.24) is 9.91 Å². The fourth-order valence-electron chi connectivity index (χ4n) is 5.50. The van der Waals surface area contributed by atoms with E-state index in [1.165, 1.54) is 11.6 Å². The first kappa shape index (κ1) is 25.8. The summed E-state index contributed by atoms with van der Waals surface area (Å²) in [4.78, 5) is 26.9. The molecule has 3 aromatic carbocycles. The number of hydrogen-bond donors (Lipinski definition) is 0. The Balaban J connectivity index is 1.24. The van der Waals surface area contributed by atoms with Gasteiger partial charge in [0.2, 0.25) is 5.91 Å². The van der Waals surface area contributed by atoms with E-state index in [2.05, 4.69) is 35.2 Å². The Morgan fingerprint density at radius 2 is 1.74 bits per heavy atom. The van der Waals surface area contributed by atoms with Crippen LogP contribution in [0.25, 0.3) is 0 Å². The lowest BCUT2D eigenvalue weighted by Crippen LogP contribution is -2.37. The Bertz CT molecular complexity index is 1300. The predicted octanol–water partition coefficient (Wildman–Crippen LogP) is 5.93. The number of benzene rings is 3. The monoisotopic (exact) mass is 510 g/mol. The number of carbonyl (C=O) groups is 1. The maximum Gasteiger partial charge on any atom is 0.269 e. The first-order valence-corrected chi connectivity index (χ1v) is 13.4. The van der Waals surface area contributed by atoms with Gasteiger partial charge in [0.1, 0.15) is 0 Å². The molecule has 1 saturated heterocycles. The van der Waals surface area contributed by atoms with Crippen LogP contribution in [0.4, 0.5) is 5.69 Å². The van der Waals surface area contributed by atoms with Crippen molar-refractivity contribution in [2.24, 2.45) is 11.0 Å². The number of carbonyl (C=O) groups excluding carboxylic acids is 1. The molecule has 5 rings (SSSR count). The molecule has 1 fully saturated rings. The lowest BCUT2D eigenvalue weighted by molar-refractivity contribution is -0.385. The molecule has 0 bridgehead atoms. The quantitative estimate of drug-likeness (QED) is 0.278. The van der Waals surface area contributed by atoms with E-state index in [1.807, 2.05) is 37.3 Å². The van der Waals surface area contributed by atoms with Gasteiger partial charge in [-0.1, -0.05) is 72.3 Å². The number of nitro benzene ring substituents is 1. The van der Waals surface area contributed by atoms with Crippen LogP contribution in [-0.2, 0) is 11.2 Å². The van der Waals surface area contributed by atoms with Crippen molar-refractivity contribution in [3.63, 3.8) is 0 Å². The molecule has 3 aromatic rings. The predicted molar refractivity (Wildman–Crippen MR) is 149 cm³/mol. The van der Waals surface area contributed by atoms with E-state index in [4.69, 9.17) is 5.10 Å². The summed E-state index contributed by atoms with van der Waals surface area (Å²) in [5.41, 5.74) is 5.11. The number of rotatable bonds is 8. The van der Waals surface area contributed by atoms with Crippen LogP contribution in [0.2, 0.25) is 0 Å². The van der Waals surface area contributed by atoms with Crippen LogP contribution in [0.15, 0.2) is 84.0 Å². The van der Waals surface area contributed by atoms with Crippen molar-refractivity contribution in [2.75, 3.05) is 19.6 Å². The molecular weight excluding hydrogens is 476 g/mol. The fourth-order valence-corrected chi connectivity index (χ4v) is 5.50. The molecule has 196 valence electrons. The van der Waals surface area contributed by atoms with Gasteiger partial charge in [-0.3, -0.25) is 14.9 Å². The maximum absolute atomic E-state index is 13.5. The Labute approximate surface area is 223 Å². The van der Waals surface area contributed by atoms with Gasteiger partial charge < -0.3 is 4.90 Å². The number of nitro groups is 1. The molecule has 1 amide bonds. The standard InChI is InChI=1S/C31H34N4O3/c1-23-10-12-26(13-11-23)29-22-30(27-8-5-9-28(21-27)35(37)38)34(32-29)31(36)16-19-33-17-14-25(15-18-33)20-24-6-3-2-4-7-24/h2-13,21,25,30H,14-20,22H2,1H3. The third kappa shape index (κ3) is 6.17. The highest BCUT2D eigenvalue weighted by Gasteiger charge is 2.34. The second kappa shape index (κ2) is 11.7. The van der Waals surface area contributed by atoms with E-state index < -0.39 is 4.92 Å². The van der Waals surface area contributed by atoms with Crippen molar-refractivity contribution in [1.29, 1.82) is 0 Å². The van der Waals surface area contributed by atoms with Gasteiger partial charge in [0.05, 0.1) is 16.7 Å². The molecule has 38 heavy (non-hydrogen) atoms. The van der Waals surface area contributed by atoms with Crippen LogP contribution in [-0.4, -0.2) is 46.1 Å². The van der Waals surface area contributed by atoms with Crippen LogP contribution in [0.3, 0.4) is 0 Å². The van der Waals surface area contributed by atoms with E-state index in [0.717, 1.165) is 54.8 Å². The van der Waals surface area contributed by atoms with Crippen LogP contribution in [0.5, 0.6) is 0 Å². The van der Waals surface area contributed by atoms with Gasteiger partial charge in [-0.15, -0.1) is 0 Å². The maximum atomic E-state index is 13.5. The summed E-state index contributed by atoms with van der Waals surface area (Å²) >= 11 is 0. The van der Waals surface area contributed by atoms with E-state index >= 15 is 0 Å². The number of hydrogen-bond acceptors (Lipinski definition) is 5. The van der Waals surface area contributed by atoms with Gasteiger partial charge in [0, 0.05) is 31.5 Å². The summed E-state index contributed by atoms with van der Waals surface area (Å²) in [6.07, 6.45) is 4.29. The summed E-state index contributed by atoms with van der Waals surface area (Å²) in [6.45, 7) is 4.73. The normalized spacial score (nSPS) is 18.4.